The number of methoxy groups -OCH3 is 1. The number of carbonyl (C=O) groups excluding carboxylic acids is 1. The summed E-state index contributed by atoms with van der Waals surface area (Å²) in [4.78, 5) is 12.4. The predicted molar refractivity (Wildman–Crippen MR) is 101 cm³/mol. The molecule has 2 rings (SSSR count). The van der Waals surface area contributed by atoms with Crippen molar-refractivity contribution in [3.05, 3.63) is 56.3 Å². The second-order valence-electron chi connectivity index (χ2n) is 4.31. The molecule has 1 N–H and O–H groups in total. The number of ether oxygens (including phenoxy) is 2. The number of rotatable bonds is 7. The Kier molecular flexibility index (Phi) is 6.60. The van der Waals surface area contributed by atoms with Gasteiger partial charge >= 0.3 is 0 Å². The maximum absolute atomic E-state index is 11.8. The maximum atomic E-state index is 11.8. The van der Waals surface area contributed by atoms with Crippen molar-refractivity contribution in [1.82, 2.24) is 5.43 Å². The molecule has 0 unspecified atom stereocenters. The average molecular weight is 442 g/mol. The first-order chi connectivity index (χ1) is 11.2. The summed E-state index contributed by atoms with van der Waals surface area (Å²) >= 11 is 3.53. The summed E-state index contributed by atoms with van der Waals surface area (Å²) < 4.78 is 11.8. The smallest absolute Gasteiger partial charge is 0.281 e. The van der Waals surface area contributed by atoms with Crippen molar-refractivity contribution in [2.24, 2.45) is 5.10 Å². The minimum atomic E-state index is -0.233. The minimum absolute atomic E-state index is 0.233. The molecule has 0 bridgehead atoms. The van der Waals surface area contributed by atoms with Crippen LogP contribution in [-0.2, 0) is 0 Å². The van der Waals surface area contributed by atoms with E-state index in [2.05, 4.69) is 39.7 Å². The average Bonchev–Trinajstić information content (AvgIpc) is 3.08. The van der Waals surface area contributed by atoms with E-state index >= 15 is 0 Å². The van der Waals surface area contributed by atoms with Gasteiger partial charge in [0.1, 0.15) is 6.61 Å². The quantitative estimate of drug-likeness (QED) is 0.308. The summed E-state index contributed by atoms with van der Waals surface area (Å²) in [5, 5.41) is 5.81. The molecule has 0 radical (unpaired) electrons. The molecular weight excluding hydrogens is 427 g/mol. The van der Waals surface area contributed by atoms with Crippen molar-refractivity contribution in [2.45, 2.75) is 0 Å². The molecule has 0 saturated heterocycles. The van der Waals surface area contributed by atoms with Gasteiger partial charge in [-0.25, -0.2) is 5.43 Å². The summed E-state index contributed by atoms with van der Waals surface area (Å²) in [7, 11) is 1.58. The fourth-order valence-corrected chi connectivity index (χ4v) is 3.12. The van der Waals surface area contributed by atoms with Crippen LogP contribution in [0.3, 0.4) is 0 Å². The van der Waals surface area contributed by atoms with Crippen molar-refractivity contribution in [2.75, 3.05) is 13.7 Å². The molecule has 0 aliphatic carbocycles. The molecule has 0 atom stereocenters. The van der Waals surface area contributed by atoms with Crippen molar-refractivity contribution < 1.29 is 14.3 Å². The number of nitrogens with zero attached hydrogens (tertiary/aromatic N) is 1. The van der Waals surface area contributed by atoms with Gasteiger partial charge in [0.2, 0.25) is 0 Å². The number of hydrogen-bond acceptors (Lipinski definition) is 5. The van der Waals surface area contributed by atoms with Crippen molar-refractivity contribution in [3.8, 4) is 11.5 Å². The molecule has 1 amide bonds. The number of nitrogens with one attached hydrogen (secondary N) is 1. The number of hydrogen-bond donors (Lipinski definition) is 1. The number of amides is 1. The lowest BCUT2D eigenvalue weighted by Gasteiger charge is -2.12. The van der Waals surface area contributed by atoms with Crippen LogP contribution in [0.4, 0.5) is 0 Å². The second kappa shape index (κ2) is 8.68. The van der Waals surface area contributed by atoms with Gasteiger partial charge in [-0.05, 0) is 51.7 Å². The Labute approximate surface area is 152 Å². The Hall–Kier alpha value is -1.87. The van der Waals surface area contributed by atoms with Gasteiger partial charge in [0, 0.05) is 0 Å². The normalized spacial score (nSPS) is 10.5. The van der Waals surface area contributed by atoms with Crippen LogP contribution in [0, 0.1) is 3.57 Å². The van der Waals surface area contributed by atoms with Gasteiger partial charge in [-0.2, -0.15) is 5.10 Å². The van der Waals surface area contributed by atoms with E-state index in [-0.39, 0.29) is 5.91 Å². The highest BCUT2D eigenvalue weighted by Gasteiger charge is 2.10. The zero-order chi connectivity index (χ0) is 16.7. The van der Waals surface area contributed by atoms with Crippen molar-refractivity contribution in [3.63, 3.8) is 0 Å². The monoisotopic (exact) mass is 442 g/mol. The molecule has 1 aromatic heterocycles. The van der Waals surface area contributed by atoms with Crippen LogP contribution >= 0.6 is 33.9 Å². The summed E-state index contributed by atoms with van der Waals surface area (Å²) in [6.07, 6.45) is 3.23. The van der Waals surface area contributed by atoms with E-state index in [9.17, 15) is 4.79 Å². The molecule has 7 heteroatoms. The first-order valence-electron chi connectivity index (χ1n) is 6.64. The molecule has 23 heavy (non-hydrogen) atoms. The summed E-state index contributed by atoms with van der Waals surface area (Å²) in [6.45, 7) is 4.03. The molecule has 1 aromatic carbocycles. The Balaban J connectivity index is 2.10. The number of hydrazone groups is 1. The summed E-state index contributed by atoms with van der Waals surface area (Å²) in [5.41, 5.74) is 3.29. The van der Waals surface area contributed by atoms with Crippen molar-refractivity contribution in [1.29, 1.82) is 0 Å². The van der Waals surface area contributed by atoms with Crippen LogP contribution in [0.25, 0.3) is 0 Å². The molecule has 0 aliphatic rings. The maximum Gasteiger partial charge on any atom is 0.281 e. The fraction of sp³-hybridized carbons (Fsp3) is 0.125. The molecule has 0 fully saturated rings. The first kappa shape index (κ1) is 17.5. The van der Waals surface area contributed by atoms with Gasteiger partial charge < -0.3 is 9.47 Å². The van der Waals surface area contributed by atoms with Gasteiger partial charge in [-0.3, -0.25) is 4.79 Å². The Morgan fingerprint density at radius 1 is 1.52 bits per heavy atom. The lowest BCUT2D eigenvalue weighted by molar-refractivity contribution is 0.0959. The topological polar surface area (TPSA) is 59.9 Å². The zero-order valence-corrected chi connectivity index (χ0v) is 15.4. The lowest BCUT2D eigenvalue weighted by atomic mass is 10.2. The SMILES string of the molecule is C=CCOc1c(I)cc(/C=N\NC(=O)c2cccs2)cc1OC. The van der Waals surface area contributed by atoms with Gasteiger partial charge in [0.15, 0.2) is 11.5 Å². The van der Waals surface area contributed by atoms with Crippen molar-refractivity contribution >= 4 is 46.0 Å². The lowest BCUT2D eigenvalue weighted by Crippen LogP contribution is -2.16. The molecule has 2 aromatic rings. The van der Waals surface area contributed by atoms with Crippen LogP contribution in [0.15, 0.2) is 47.4 Å². The molecule has 0 spiro atoms. The van der Waals surface area contributed by atoms with Crippen LogP contribution in [0.5, 0.6) is 11.5 Å². The third-order valence-corrected chi connectivity index (χ3v) is 4.39. The Bertz CT molecular complexity index is 714. The van der Waals surface area contributed by atoms with Crippen LogP contribution in [0.2, 0.25) is 0 Å². The molecule has 5 nitrogen and oxygen atoms in total. The van der Waals surface area contributed by atoms with E-state index in [1.54, 1.807) is 31.5 Å². The van der Waals surface area contributed by atoms with Gasteiger partial charge in [-0.15, -0.1) is 11.3 Å². The van der Waals surface area contributed by atoms with E-state index in [4.69, 9.17) is 9.47 Å². The minimum Gasteiger partial charge on any atom is -0.493 e. The highest BCUT2D eigenvalue weighted by atomic mass is 127. The fourth-order valence-electron chi connectivity index (χ4n) is 1.72. The van der Waals surface area contributed by atoms with Gasteiger partial charge in [-0.1, -0.05) is 18.7 Å². The number of benzene rings is 1. The van der Waals surface area contributed by atoms with Gasteiger partial charge in [0.25, 0.3) is 5.91 Å². The molecule has 0 saturated carbocycles. The molecule has 120 valence electrons. The van der Waals surface area contributed by atoms with Crippen LogP contribution in [-0.4, -0.2) is 25.8 Å². The highest BCUT2D eigenvalue weighted by molar-refractivity contribution is 14.1. The van der Waals surface area contributed by atoms with E-state index in [0.717, 1.165) is 9.13 Å². The third-order valence-electron chi connectivity index (χ3n) is 2.72. The molecule has 1 heterocycles. The summed E-state index contributed by atoms with van der Waals surface area (Å²) in [6, 6.07) is 7.25. The van der Waals surface area contributed by atoms with E-state index in [1.165, 1.54) is 11.3 Å². The second-order valence-corrected chi connectivity index (χ2v) is 6.42. The predicted octanol–water partition coefficient (Wildman–Crippen LogP) is 3.69. The van der Waals surface area contributed by atoms with E-state index in [1.807, 2.05) is 17.5 Å². The van der Waals surface area contributed by atoms with Gasteiger partial charge in [0.05, 0.1) is 21.8 Å². The Morgan fingerprint density at radius 2 is 2.35 bits per heavy atom. The number of thiophene rings is 1. The molecule has 0 aliphatic heterocycles. The zero-order valence-electron chi connectivity index (χ0n) is 12.4. The highest BCUT2D eigenvalue weighted by Crippen LogP contribution is 2.33. The van der Waals surface area contributed by atoms with Crippen LogP contribution < -0.4 is 14.9 Å². The standard InChI is InChI=1S/C16H15IN2O3S/c1-3-6-22-15-12(17)8-11(9-13(15)21-2)10-18-19-16(20)14-5-4-7-23-14/h3-5,7-10H,1,6H2,2H3,(H,19,20)/b18-10-. The Morgan fingerprint density at radius 3 is 3.00 bits per heavy atom. The molecular formula is C16H15IN2O3S. The first-order valence-corrected chi connectivity index (χ1v) is 8.59. The van der Waals surface area contributed by atoms with Crippen LogP contribution in [0.1, 0.15) is 15.2 Å². The number of carbonyl (C=O) groups is 1. The number of halogens is 1. The van der Waals surface area contributed by atoms with E-state index in [0.29, 0.717) is 23.0 Å². The third kappa shape index (κ3) is 4.80. The van der Waals surface area contributed by atoms with E-state index < -0.39 is 0 Å². The largest absolute Gasteiger partial charge is 0.493 e. The summed E-state index contributed by atoms with van der Waals surface area (Å²) in [5.74, 6) is 1.03.